The number of primary amides is 1. The van der Waals surface area contributed by atoms with Gasteiger partial charge in [0.1, 0.15) is 6.04 Å². The standard InChI is InChI=1S/C20H17ClN2O2/c21-17-8-4-3-7-15(17)12-18(19(22)24)23-20(25)16-10-9-13-5-1-2-6-14(13)11-16/h1-11,18H,12H2,(H2,22,24)(H,23,25)/t18-/m0/s1. The average Bonchev–Trinajstić information content (AvgIpc) is 2.62. The Labute approximate surface area is 150 Å². The minimum atomic E-state index is -0.834. The predicted molar refractivity (Wildman–Crippen MR) is 99.6 cm³/mol. The molecule has 0 aliphatic carbocycles. The number of nitrogens with two attached hydrogens (primary N) is 1. The maximum Gasteiger partial charge on any atom is 0.251 e. The molecule has 3 aromatic rings. The van der Waals surface area contributed by atoms with Gasteiger partial charge in [0.05, 0.1) is 0 Å². The van der Waals surface area contributed by atoms with Gasteiger partial charge in [0, 0.05) is 17.0 Å². The van der Waals surface area contributed by atoms with E-state index in [0.717, 1.165) is 16.3 Å². The molecule has 0 aliphatic heterocycles. The van der Waals surface area contributed by atoms with Crippen LogP contribution in [0.3, 0.4) is 0 Å². The molecule has 0 bridgehead atoms. The Hall–Kier alpha value is -2.85. The molecular weight excluding hydrogens is 336 g/mol. The Morgan fingerprint density at radius 2 is 1.64 bits per heavy atom. The van der Waals surface area contributed by atoms with Crippen molar-refractivity contribution in [2.45, 2.75) is 12.5 Å². The first-order chi connectivity index (χ1) is 12.0. The number of amides is 2. The lowest BCUT2D eigenvalue weighted by molar-refractivity contribution is -0.119. The van der Waals surface area contributed by atoms with Gasteiger partial charge in [-0.2, -0.15) is 0 Å². The second-order valence-electron chi connectivity index (χ2n) is 5.79. The number of benzene rings is 3. The summed E-state index contributed by atoms with van der Waals surface area (Å²) >= 11 is 6.13. The molecule has 4 nitrogen and oxygen atoms in total. The fraction of sp³-hybridized carbons (Fsp3) is 0.100. The Bertz CT molecular complexity index is 940. The van der Waals surface area contributed by atoms with Crippen LogP contribution in [0.15, 0.2) is 66.7 Å². The third-order valence-electron chi connectivity index (χ3n) is 4.04. The molecule has 5 heteroatoms. The highest BCUT2D eigenvalue weighted by Gasteiger charge is 2.20. The van der Waals surface area contributed by atoms with Crippen LogP contribution in [-0.2, 0) is 11.2 Å². The molecule has 0 radical (unpaired) electrons. The molecule has 1 atom stereocenters. The van der Waals surface area contributed by atoms with Gasteiger partial charge in [0.15, 0.2) is 0 Å². The number of carbonyl (C=O) groups excluding carboxylic acids is 2. The van der Waals surface area contributed by atoms with Crippen LogP contribution in [0.4, 0.5) is 0 Å². The van der Waals surface area contributed by atoms with Crippen LogP contribution in [0.25, 0.3) is 10.8 Å². The molecule has 25 heavy (non-hydrogen) atoms. The Kier molecular flexibility index (Phi) is 5.00. The molecule has 0 saturated heterocycles. The highest BCUT2D eigenvalue weighted by atomic mass is 35.5. The van der Waals surface area contributed by atoms with E-state index in [4.69, 9.17) is 17.3 Å². The summed E-state index contributed by atoms with van der Waals surface area (Å²) in [4.78, 5) is 24.3. The van der Waals surface area contributed by atoms with Crippen molar-refractivity contribution in [3.8, 4) is 0 Å². The van der Waals surface area contributed by atoms with Crippen molar-refractivity contribution in [2.24, 2.45) is 5.73 Å². The number of carbonyl (C=O) groups is 2. The molecule has 3 aromatic carbocycles. The van der Waals surface area contributed by atoms with Crippen LogP contribution in [0, 0.1) is 0 Å². The monoisotopic (exact) mass is 352 g/mol. The summed E-state index contributed by atoms with van der Waals surface area (Å²) in [6.07, 6.45) is 0.244. The van der Waals surface area contributed by atoms with Gasteiger partial charge in [-0.3, -0.25) is 9.59 Å². The van der Waals surface area contributed by atoms with Crippen LogP contribution in [0.1, 0.15) is 15.9 Å². The minimum Gasteiger partial charge on any atom is -0.368 e. The fourth-order valence-electron chi connectivity index (χ4n) is 2.68. The largest absolute Gasteiger partial charge is 0.368 e. The van der Waals surface area contributed by atoms with Crippen molar-refractivity contribution in [1.82, 2.24) is 5.32 Å². The van der Waals surface area contributed by atoms with Gasteiger partial charge in [0.2, 0.25) is 5.91 Å². The lowest BCUT2D eigenvalue weighted by Gasteiger charge is -2.16. The molecular formula is C20H17ClN2O2. The first-order valence-corrected chi connectivity index (χ1v) is 8.25. The first kappa shape index (κ1) is 17.0. The Balaban J connectivity index is 1.80. The van der Waals surface area contributed by atoms with Gasteiger partial charge in [-0.1, -0.05) is 60.1 Å². The fourth-order valence-corrected chi connectivity index (χ4v) is 2.89. The molecule has 3 rings (SSSR count). The lowest BCUT2D eigenvalue weighted by Crippen LogP contribution is -2.45. The molecule has 3 N–H and O–H groups in total. The summed E-state index contributed by atoms with van der Waals surface area (Å²) < 4.78 is 0. The molecule has 126 valence electrons. The van der Waals surface area contributed by atoms with Crippen LogP contribution in [0.5, 0.6) is 0 Å². The van der Waals surface area contributed by atoms with Crippen LogP contribution >= 0.6 is 11.6 Å². The number of rotatable bonds is 5. The minimum absolute atomic E-state index is 0.244. The SMILES string of the molecule is NC(=O)[C@H](Cc1ccccc1Cl)NC(=O)c1ccc2ccccc2c1. The van der Waals surface area contributed by atoms with Gasteiger partial charge >= 0.3 is 0 Å². The Morgan fingerprint density at radius 1 is 0.960 bits per heavy atom. The Morgan fingerprint density at radius 3 is 2.36 bits per heavy atom. The summed E-state index contributed by atoms with van der Waals surface area (Å²) in [5.41, 5.74) is 6.69. The third kappa shape index (κ3) is 3.98. The normalized spacial score (nSPS) is 11.9. The molecule has 0 aromatic heterocycles. The maximum absolute atomic E-state index is 12.5. The molecule has 0 fully saturated rings. The summed E-state index contributed by atoms with van der Waals surface area (Å²) in [5, 5.41) is 5.24. The smallest absolute Gasteiger partial charge is 0.251 e. The van der Waals surface area contributed by atoms with Gasteiger partial charge in [-0.05, 0) is 34.5 Å². The van der Waals surface area contributed by atoms with Crippen molar-refractivity contribution in [2.75, 3.05) is 0 Å². The van der Waals surface area contributed by atoms with Gasteiger partial charge < -0.3 is 11.1 Å². The zero-order chi connectivity index (χ0) is 17.8. The number of nitrogens with one attached hydrogen (secondary N) is 1. The van der Waals surface area contributed by atoms with Gasteiger partial charge in [-0.15, -0.1) is 0 Å². The molecule has 0 unspecified atom stereocenters. The van der Waals surface area contributed by atoms with E-state index in [2.05, 4.69) is 5.32 Å². The molecule has 0 saturated carbocycles. The van der Waals surface area contributed by atoms with Crippen LogP contribution in [-0.4, -0.2) is 17.9 Å². The van der Waals surface area contributed by atoms with E-state index in [9.17, 15) is 9.59 Å². The van der Waals surface area contributed by atoms with Crippen molar-refractivity contribution in [1.29, 1.82) is 0 Å². The van der Waals surface area contributed by atoms with Gasteiger partial charge in [-0.25, -0.2) is 0 Å². The van der Waals surface area contributed by atoms with Crippen LogP contribution < -0.4 is 11.1 Å². The third-order valence-corrected chi connectivity index (χ3v) is 4.41. The zero-order valence-corrected chi connectivity index (χ0v) is 14.2. The van der Waals surface area contributed by atoms with E-state index in [0.29, 0.717) is 10.6 Å². The maximum atomic E-state index is 12.5. The van der Waals surface area contributed by atoms with E-state index >= 15 is 0 Å². The van der Waals surface area contributed by atoms with Crippen molar-refractivity contribution >= 4 is 34.2 Å². The number of fused-ring (bicyclic) bond motifs is 1. The predicted octanol–water partition coefficient (Wildman–Crippen LogP) is 3.32. The molecule has 0 spiro atoms. The number of hydrogen-bond acceptors (Lipinski definition) is 2. The zero-order valence-electron chi connectivity index (χ0n) is 13.4. The summed E-state index contributed by atoms with van der Waals surface area (Å²) in [5.74, 6) is -0.948. The highest BCUT2D eigenvalue weighted by Crippen LogP contribution is 2.18. The summed E-state index contributed by atoms with van der Waals surface area (Å²) in [7, 11) is 0. The average molecular weight is 353 g/mol. The quantitative estimate of drug-likeness (QED) is 0.739. The number of halogens is 1. The van der Waals surface area contributed by atoms with E-state index in [1.54, 1.807) is 30.3 Å². The molecule has 0 heterocycles. The van der Waals surface area contributed by atoms with E-state index in [1.165, 1.54) is 0 Å². The highest BCUT2D eigenvalue weighted by molar-refractivity contribution is 6.31. The van der Waals surface area contributed by atoms with E-state index < -0.39 is 11.9 Å². The van der Waals surface area contributed by atoms with Crippen molar-refractivity contribution < 1.29 is 9.59 Å². The molecule has 2 amide bonds. The van der Waals surface area contributed by atoms with Gasteiger partial charge in [0.25, 0.3) is 5.91 Å². The number of hydrogen-bond donors (Lipinski definition) is 2. The van der Waals surface area contributed by atoms with Crippen LogP contribution in [0.2, 0.25) is 5.02 Å². The second kappa shape index (κ2) is 7.36. The van der Waals surface area contributed by atoms with E-state index in [-0.39, 0.29) is 12.3 Å². The second-order valence-corrected chi connectivity index (χ2v) is 6.19. The van der Waals surface area contributed by atoms with Crippen molar-refractivity contribution in [3.63, 3.8) is 0 Å². The topological polar surface area (TPSA) is 72.2 Å². The summed E-state index contributed by atoms with van der Waals surface area (Å²) in [6, 6.07) is 19.5. The molecule has 0 aliphatic rings. The van der Waals surface area contributed by atoms with Crippen molar-refractivity contribution in [3.05, 3.63) is 82.9 Å². The summed E-state index contributed by atoms with van der Waals surface area (Å²) in [6.45, 7) is 0. The van der Waals surface area contributed by atoms with E-state index in [1.807, 2.05) is 36.4 Å². The first-order valence-electron chi connectivity index (χ1n) is 7.87. The lowest BCUT2D eigenvalue weighted by atomic mass is 10.0.